The van der Waals surface area contributed by atoms with Crippen molar-refractivity contribution in [1.82, 2.24) is 5.32 Å². The molecular formula is C24H34ClNO5. The number of halogens is 1. The molecular weight excluding hydrogens is 418 g/mol. The monoisotopic (exact) mass is 451 g/mol. The summed E-state index contributed by atoms with van der Waals surface area (Å²) in [5.74, 6) is -0.801. The van der Waals surface area contributed by atoms with E-state index in [4.69, 9.17) is 9.47 Å². The fraction of sp³-hybridized carbons (Fsp3) is 0.500. The van der Waals surface area contributed by atoms with Crippen LogP contribution in [0.1, 0.15) is 58.6 Å². The van der Waals surface area contributed by atoms with Gasteiger partial charge in [-0.3, -0.25) is 4.79 Å². The van der Waals surface area contributed by atoms with Crippen LogP contribution in [-0.4, -0.2) is 29.6 Å². The highest BCUT2D eigenvalue weighted by Crippen LogP contribution is 2.45. The number of esters is 2. The maximum absolute atomic E-state index is 12.5. The Balaban J connectivity index is 0.00000480. The van der Waals surface area contributed by atoms with Crippen LogP contribution in [-0.2, 0) is 9.59 Å². The van der Waals surface area contributed by atoms with Gasteiger partial charge in [0.05, 0.1) is 12.0 Å². The largest absolute Gasteiger partial charge is 0.422 e. The van der Waals surface area contributed by atoms with E-state index in [9.17, 15) is 14.7 Å². The third-order valence-corrected chi connectivity index (χ3v) is 4.98. The minimum Gasteiger partial charge on any atom is -0.422 e. The summed E-state index contributed by atoms with van der Waals surface area (Å²) in [6, 6.07) is 4.99. The standard InChI is InChI=1S/C24H33NO5.ClH/c1-6-7-8-9-22(27)29-21-12-17(19(26)15-25-16(2)3)10-11-20(21)30-23(28)18-13-24(4,5)14-18;/h6,8-12,16,18-19,25-26H,1,7,13-15H2,2-5H3;1H. The van der Waals surface area contributed by atoms with Crippen LogP contribution in [0, 0.1) is 11.3 Å². The maximum Gasteiger partial charge on any atom is 0.335 e. The first-order valence-electron chi connectivity index (χ1n) is 10.4. The lowest BCUT2D eigenvalue weighted by molar-refractivity contribution is -0.146. The van der Waals surface area contributed by atoms with Crippen molar-refractivity contribution in [3.63, 3.8) is 0 Å². The Morgan fingerprint density at radius 1 is 1.26 bits per heavy atom. The molecule has 0 amide bonds. The number of carbonyl (C=O) groups is 2. The zero-order chi connectivity index (χ0) is 22.3. The SMILES string of the molecule is C=CCC=CC(=O)Oc1cc(C(O)CNC(C)C)ccc1OC(=O)C1CC(C)(C)C1.Cl. The molecule has 1 aromatic carbocycles. The summed E-state index contributed by atoms with van der Waals surface area (Å²) in [6.07, 6.45) is 5.86. The van der Waals surface area contributed by atoms with Crippen LogP contribution in [0.5, 0.6) is 11.5 Å². The molecule has 7 heteroatoms. The Morgan fingerprint density at radius 2 is 1.94 bits per heavy atom. The van der Waals surface area contributed by atoms with E-state index in [1.165, 1.54) is 6.08 Å². The van der Waals surface area contributed by atoms with Gasteiger partial charge < -0.3 is 19.9 Å². The lowest BCUT2D eigenvalue weighted by Gasteiger charge is -2.40. The van der Waals surface area contributed by atoms with Crippen molar-refractivity contribution >= 4 is 24.3 Å². The zero-order valence-corrected chi connectivity index (χ0v) is 19.5. The lowest BCUT2D eigenvalue weighted by atomic mass is 9.64. The third kappa shape index (κ3) is 8.48. The minimum atomic E-state index is -0.793. The molecule has 0 spiro atoms. The van der Waals surface area contributed by atoms with Crippen molar-refractivity contribution in [3.05, 3.63) is 48.6 Å². The number of benzene rings is 1. The zero-order valence-electron chi connectivity index (χ0n) is 18.7. The second-order valence-corrected chi connectivity index (χ2v) is 8.82. The molecule has 0 saturated heterocycles. The van der Waals surface area contributed by atoms with E-state index < -0.39 is 12.1 Å². The van der Waals surface area contributed by atoms with Crippen LogP contribution >= 0.6 is 12.4 Å². The average Bonchev–Trinajstić information content (AvgIpc) is 2.65. The van der Waals surface area contributed by atoms with E-state index in [1.54, 1.807) is 30.4 Å². The summed E-state index contributed by atoms with van der Waals surface area (Å²) in [6.45, 7) is 12.1. The van der Waals surface area contributed by atoms with Crippen LogP contribution in [0.3, 0.4) is 0 Å². The molecule has 1 atom stereocenters. The fourth-order valence-electron chi connectivity index (χ4n) is 3.40. The smallest absolute Gasteiger partial charge is 0.335 e. The van der Waals surface area contributed by atoms with Gasteiger partial charge in [-0.2, -0.15) is 0 Å². The number of aliphatic hydroxyl groups excluding tert-OH is 1. The van der Waals surface area contributed by atoms with Crippen molar-refractivity contribution in [1.29, 1.82) is 0 Å². The van der Waals surface area contributed by atoms with Gasteiger partial charge in [0, 0.05) is 18.7 Å². The number of hydrogen-bond donors (Lipinski definition) is 2. The van der Waals surface area contributed by atoms with Gasteiger partial charge >= 0.3 is 11.9 Å². The van der Waals surface area contributed by atoms with Crippen LogP contribution in [0.15, 0.2) is 43.0 Å². The Morgan fingerprint density at radius 3 is 2.52 bits per heavy atom. The first-order valence-corrected chi connectivity index (χ1v) is 10.4. The summed E-state index contributed by atoms with van der Waals surface area (Å²) in [7, 11) is 0. The van der Waals surface area contributed by atoms with Crippen molar-refractivity contribution < 1.29 is 24.2 Å². The fourth-order valence-corrected chi connectivity index (χ4v) is 3.40. The molecule has 0 radical (unpaired) electrons. The molecule has 2 N–H and O–H groups in total. The summed E-state index contributed by atoms with van der Waals surface area (Å²) < 4.78 is 11.0. The highest BCUT2D eigenvalue weighted by Gasteiger charge is 2.41. The van der Waals surface area contributed by atoms with Crippen molar-refractivity contribution in [2.75, 3.05) is 6.54 Å². The van der Waals surface area contributed by atoms with Gasteiger partial charge in [0.2, 0.25) is 0 Å². The number of rotatable bonds is 10. The first-order chi connectivity index (χ1) is 14.1. The highest BCUT2D eigenvalue weighted by molar-refractivity contribution is 5.85. The van der Waals surface area contributed by atoms with Gasteiger partial charge in [-0.05, 0) is 42.4 Å². The van der Waals surface area contributed by atoms with Crippen molar-refractivity contribution in [2.24, 2.45) is 11.3 Å². The first kappa shape index (κ1) is 26.9. The third-order valence-electron chi connectivity index (χ3n) is 4.98. The summed E-state index contributed by atoms with van der Waals surface area (Å²) in [4.78, 5) is 24.6. The molecule has 1 fully saturated rings. The summed E-state index contributed by atoms with van der Waals surface area (Å²) >= 11 is 0. The predicted molar refractivity (Wildman–Crippen MR) is 124 cm³/mol. The Kier molecular flexibility index (Phi) is 10.4. The van der Waals surface area contributed by atoms with Gasteiger partial charge in [0.15, 0.2) is 11.5 Å². The molecule has 1 aromatic rings. The number of carbonyl (C=O) groups excluding carboxylic acids is 2. The molecule has 0 heterocycles. The predicted octanol–water partition coefficient (Wildman–Crippen LogP) is 4.52. The van der Waals surface area contributed by atoms with Crippen LogP contribution in [0.25, 0.3) is 0 Å². The Hall–Kier alpha value is -2.15. The van der Waals surface area contributed by atoms with Gasteiger partial charge in [0.25, 0.3) is 0 Å². The Bertz CT molecular complexity index is 795. The lowest BCUT2D eigenvalue weighted by Crippen LogP contribution is -2.38. The van der Waals surface area contributed by atoms with E-state index in [0.717, 1.165) is 12.8 Å². The van der Waals surface area contributed by atoms with Gasteiger partial charge in [-0.1, -0.05) is 45.9 Å². The number of ether oxygens (including phenoxy) is 2. The van der Waals surface area contributed by atoms with Crippen molar-refractivity contribution in [3.8, 4) is 11.5 Å². The molecule has 1 unspecified atom stereocenters. The van der Waals surface area contributed by atoms with Crippen LogP contribution < -0.4 is 14.8 Å². The molecule has 1 saturated carbocycles. The normalized spacial score (nSPS) is 16.3. The summed E-state index contributed by atoms with van der Waals surface area (Å²) in [5, 5.41) is 13.6. The van der Waals surface area contributed by atoms with E-state index in [1.807, 2.05) is 13.8 Å². The number of allylic oxidation sites excluding steroid dienone is 2. The van der Waals surface area contributed by atoms with Gasteiger partial charge in [-0.15, -0.1) is 19.0 Å². The second kappa shape index (κ2) is 12.0. The molecule has 2 rings (SSSR count). The Labute approximate surface area is 191 Å². The topological polar surface area (TPSA) is 84.9 Å². The van der Waals surface area contributed by atoms with E-state index in [0.29, 0.717) is 18.5 Å². The molecule has 0 aromatic heterocycles. The molecule has 1 aliphatic rings. The molecule has 1 aliphatic carbocycles. The van der Waals surface area contributed by atoms with Gasteiger partial charge in [0.1, 0.15) is 0 Å². The molecule has 0 bridgehead atoms. The van der Waals surface area contributed by atoms with Crippen LogP contribution in [0.2, 0.25) is 0 Å². The highest BCUT2D eigenvalue weighted by atomic mass is 35.5. The summed E-state index contributed by atoms with van der Waals surface area (Å²) in [5.41, 5.74) is 0.706. The second-order valence-electron chi connectivity index (χ2n) is 8.82. The molecule has 0 aliphatic heterocycles. The van der Waals surface area contributed by atoms with Gasteiger partial charge in [-0.25, -0.2) is 4.79 Å². The number of hydrogen-bond acceptors (Lipinski definition) is 6. The van der Waals surface area contributed by atoms with E-state index in [2.05, 4.69) is 25.7 Å². The number of nitrogens with one attached hydrogen (secondary N) is 1. The van der Waals surface area contributed by atoms with E-state index in [-0.39, 0.29) is 47.3 Å². The molecule has 31 heavy (non-hydrogen) atoms. The molecule has 172 valence electrons. The quantitative estimate of drug-likeness (QED) is 0.235. The van der Waals surface area contributed by atoms with Crippen LogP contribution in [0.4, 0.5) is 0 Å². The minimum absolute atomic E-state index is 0. The van der Waals surface area contributed by atoms with E-state index >= 15 is 0 Å². The number of aliphatic hydroxyl groups is 1. The molecule has 6 nitrogen and oxygen atoms in total. The average molecular weight is 452 g/mol. The maximum atomic E-state index is 12.5. The van der Waals surface area contributed by atoms with Crippen molar-refractivity contribution in [2.45, 2.75) is 59.1 Å².